The van der Waals surface area contributed by atoms with Crippen LogP contribution >= 0.6 is 0 Å². The molecule has 36 heavy (non-hydrogen) atoms. The Morgan fingerprint density at radius 1 is 0.917 bits per heavy atom. The molecule has 0 radical (unpaired) electrons. The Morgan fingerprint density at radius 3 is 2.17 bits per heavy atom. The number of nitrogens with zero attached hydrogens (tertiary/aromatic N) is 2. The van der Waals surface area contributed by atoms with Gasteiger partial charge in [-0.15, -0.1) is 0 Å². The summed E-state index contributed by atoms with van der Waals surface area (Å²) in [4.78, 5) is 27.9. The van der Waals surface area contributed by atoms with Crippen molar-refractivity contribution in [3.8, 4) is 0 Å². The van der Waals surface area contributed by atoms with Gasteiger partial charge in [-0.1, -0.05) is 60.7 Å². The van der Waals surface area contributed by atoms with E-state index in [1.165, 1.54) is 4.90 Å². The number of nitrogens with one attached hydrogen (secondary N) is 1. The maximum absolute atomic E-state index is 13.5. The number of sulfonamides is 1. The molecule has 1 atom stereocenters. The lowest BCUT2D eigenvalue weighted by Crippen LogP contribution is -2.64. The molecule has 9 nitrogen and oxygen atoms in total. The van der Waals surface area contributed by atoms with Crippen LogP contribution in [0, 0.1) is 0 Å². The van der Waals surface area contributed by atoms with Crippen LogP contribution in [0.4, 0.5) is 4.79 Å². The maximum atomic E-state index is 13.5. The van der Waals surface area contributed by atoms with Gasteiger partial charge in [0.15, 0.2) is 6.17 Å². The number of carbonyl (C=O) groups excluding carboxylic acids is 2. The number of nitrogens with two attached hydrogens (primary N) is 1. The number of amides is 2. The fourth-order valence-corrected chi connectivity index (χ4v) is 6.46. The van der Waals surface area contributed by atoms with Crippen LogP contribution in [0.2, 0.25) is 0 Å². The predicted molar refractivity (Wildman–Crippen MR) is 136 cm³/mol. The molecule has 10 heteroatoms. The molecule has 194 valence electrons. The minimum Gasteiger partial charge on any atom is -0.444 e. The second-order valence-corrected chi connectivity index (χ2v) is 11.4. The van der Waals surface area contributed by atoms with E-state index in [4.69, 9.17) is 10.5 Å². The Kier molecular flexibility index (Phi) is 8.60. The lowest BCUT2D eigenvalue weighted by molar-refractivity contribution is -0.132. The Balaban J connectivity index is 1.55. The van der Waals surface area contributed by atoms with Gasteiger partial charge in [0, 0.05) is 25.2 Å². The summed E-state index contributed by atoms with van der Waals surface area (Å²) < 4.78 is 33.7. The van der Waals surface area contributed by atoms with E-state index in [2.05, 4.69) is 5.32 Å². The SMILES string of the molecule is NC1CCC(NC(=O)C2N(C(=O)OCc3ccccc3)CCCN2S(=O)(=O)Cc2ccccc2)CC1. The van der Waals surface area contributed by atoms with Crippen LogP contribution in [0.5, 0.6) is 0 Å². The van der Waals surface area contributed by atoms with Crippen molar-refractivity contribution in [1.29, 1.82) is 0 Å². The van der Waals surface area contributed by atoms with E-state index in [0.29, 0.717) is 12.0 Å². The highest BCUT2D eigenvalue weighted by molar-refractivity contribution is 7.88. The Morgan fingerprint density at radius 2 is 1.53 bits per heavy atom. The third-order valence-electron chi connectivity index (χ3n) is 6.69. The molecule has 1 saturated heterocycles. The second kappa shape index (κ2) is 11.9. The number of hydrogen-bond donors (Lipinski definition) is 2. The Bertz CT molecular complexity index is 1120. The molecule has 0 aromatic heterocycles. The predicted octanol–water partition coefficient (Wildman–Crippen LogP) is 2.57. The first-order valence-electron chi connectivity index (χ1n) is 12.4. The second-order valence-electron chi connectivity index (χ2n) is 9.43. The van der Waals surface area contributed by atoms with E-state index in [0.717, 1.165) is 35.6 Å². The van der Waals surface area contributed by atoms with E-state index in [9.17, 15) is 18.0 Å². The minimum absolute atomic E-state index is 0.0296. The molecule has 4 rings (SSSR count). The van der Waals surface area contributed by atoms with Crippen LogP contribution in [0.3, 0.4) is 0 Å². The highest BCUT2D eigenvalue weighted by atomic mass is 32.2. The summed E-state index contributed by atoms with van der Waals surface area (Å²) in [6.45, 7) is 0.395. The molecule has 2 aromatic carbocycles. The van der Waals surface area contributed by atoms with E-state index in [1.807, 2.05) is 36.4 Å². The molecule has 1 heterocycles. The smallest absolute Gasteiger partial charge is 0.411 e. The molecule has 1 saturated carbocycles. The lowest BCUT2D eigenvalue weighted by Gasteiger charge is -2.42. The third-order valence-corrected chi connectivity index (χ3v) is 8.48. The highest BCUT2D eigenvalue weighted by Gasteiger charge is 2.44. The average molecular weight is 515 g/mol. The summed E-state index contributed by atoms with van der Waals surface area (Å²) in [5, 5.41) is 2.98. The van der Waals surface area contributed by atoms with Gasteiger partial charge in [-0.05, 0) is 43.2 Å². The number of rotatable bonds is 7. The van der Waals surface area contributed by atoms with E-state index < -0.39 is 28.2 Å². The maximum Gasteiger partial charge on any atom is 0.411 e. The van der Waals surface area contributed by atoms with Crippen molar-refractivity contribution in [3.63, 3.8) is 0 Å². The van der Waals surface area contributed by atoms with Crippen LogP contribution < -0.4 is 11.1 Å². The van der Waals surface area contributed by atoms with E-state index >= 15 is 0 Å². The quantitative estimate of drug-likeness (QED) is 0.586. The zero-order valence-electron chi connectivity index (χ0n) is 20.3. The fourth-order valence-electron chi connectivity index (χ4n) is 4.76. The number of carbonyl (C=O) groups is 2. The van der Waals surface area contributed by atoms with Crippen molar-refractivity contribution >= 4 is 22.0 Å². The largest absolute Gasteiger partial charge is 0.444 e. The van der Waals surface area contributed by atoms with Crippen molar-refractivity contribution in [2.75, 3.05) is 13.1 Å². The van der Waals surface area contributed by atoms with Crippen LogP contribution in [0.1, 0.15) is 43.2 Å². The van der Waals surface area contributed by atoms with Gasteiger partial charge in [0.25, 0.3) is 5.91 Å². The molecule has 3 N–H and O–H groups in total. The monoisotopic (exact) mass is 514 g/mol. The van der Waals surface area contributed by atoms with Gasteiger partial charge in [-0.2, -0.15) is 4.31 Å². The van der Waals surface area contributed by atoms with Crippen molar-refractivity contribution < 1.29 is 22.7 Å². The molecule has 2 aromatic rings. The standard InChI is InChI=1S/C26H34N4O5S/c27-22-12-14-23(15-13-22)28-24(31)25-29(26(32)35-18-20-8-3-1-4-9-20)16-7-17-30(25)36(33,34)19-21-10-5-2-6-11-21/h1-6,8-11,22-23,25H,7,12-19,27H2,(H,28,31). The number of benzene rings is 2. The van der Waals surface area contributed by atoms with Crippen molar-refractivity contribution in [1.82, 2.24) is 14.5 Å². The van der Waals surface area contributed by atoms with E-state index in [-0.39, 0.29) is 37.5 Å². The van der Waals surface area contributed by atoms with Crippen molar-refractivity contribution in [3.05, 3.63) is 71.8 Å². The molecule has 0 spiro atoms. The molecule has 0 bridgehead atoms. The first-order chi connectivity index (χ1) is 17.3. The summed E-state index contributed by atoms with van der Waals surface area (Å²) in [7, 11) is -3.91. The molecule has 1 aliphatic carbocycles. The van der Waals surface area contributed by atoms with Crippen molar-refractivity contribution in [2.45, 2.75) is 62.7 Å². The van der Waals surface area contributed by atoms with Crippen LogP contribution in [-0.2, 0) is 31.9 Å². The van der Waals surface area contributed by atoms with Crippen LogP contribution in [0.15, 0.2) is 60.7 Å². The average Bonchev–Trinajstić information content (AvgIpc) is 2.89. The summed E-state index contributed by atoms with van der Waals surface area (Å²) in [6.07, 6.45) is 1.37. The third kappa shape index (κ3) is 6.63. The summed E-state index contributed by atoms with van der Waals surface area (Å²) in [6, 6.07) is 18.0. The Hall–Kier alpha value is -2.95. The van der Waals surface area contributed by atoms with Crippen LogP contribution in [-0.4, -0.2) is 61.0 Å². The normalized spacial score (nSPS) is 23.1. The molecular formula is C26H34N4O5S. The van der Waals surface area contributed by atoms with Crippen LogP contribution in [0.25, 0.3) is 0 Å². The summed E-state index contributed by atoms with van der Waals surface area (Å²) in [5.41, 5.74) is 7.41. The van der Waals surface area contributed by atoms with Gasteiger partial charge in [-0.3, -0.25) is 9.69 Å². The van der Waals surface area contributed by atoms with Gasteiger partial charge >= 0.3 is 6.09 Å². The zero-order chi connectivity index (χ0) is 25.5. The molecule has 2 amide bonds. The van der Waals surface area contributed by atoms with Gasteiger partial charge in [-0.25, -0.2) is 13.2 Å². The molecule has 2 fully saturated rings. The molecular weight excluding hydrogens is 480 g/mol. The topological polar surface area (TPSA) is 122 Å². The van der Waals surface area contributed by atoms with Gasteiger partial charge in [0.2, 0.25) is 10.0 Å². The number of hydrogen-bond acceptors (Lipinski definition) is 6. The zero-order valence-corrected chi connectivity index (χ0v) is 21.1. The minimum atomic E-state index is -3.91. The van der Waals surface area contributed by atoms with Crippen molar-refractivity contribution in [2.24, 2.45) is 5.73 Å². The molecule has 1 unspecified atom stereocenters. The lowest BCUT2D eigenvalue weighted by atomic mass is 9.92. The van der Waals surface area contributed by atoms with E-state index in [1.54, 1.807) is 24.3 Å². The first-order valence-corrected chi connectivity index (χ1v) is 14.0. The van der Waals surface area contributed by atoms with Gasteiger partial charge in [0.1, 0.15) is 6.61 Å². The van der Waals surface area contributed by atoms with Gasteiger partial charge < -0.3 is 15.8 Å². The fraction of sp³-hybridized carbons (Fsp3) is 0.462. The van der Waals surface area contributed by atoms with Gasteiger partial charge in [0.05, 0.1) is 5.75 Å². The number of ether oxygens (including phenoxy) is 1. The molecule has 1 aliphatic heterocycles. The summed E-state index contributed by atoms with van der Waals surface area (Å²) in [5.74, 6) is -0.772. The Labute approximate surface area is 212 Å². The molecule has 2 aliphatic rings. The summed E-state index contributed by atoms with van der Waals surface area (Å²) >= 11 is 0. The first kappa shape index (κ1) is 26.1. The highest BCUT2D eigenvalue weighted by Crippen LogP contribution is 2.24.